The van der Waals surface area contributed by atoms with Crippen molar-refractivity contribution in [1.29, 1.82) is 0 Å². The van der Waals surface area contributed by atoms with Crippen LogP contribution in [0, 0.1) is 5.92 Å². The van der Waals surface area contributed by atoms with Gasteiger partial charge in [0.05, 0.1) is 26.4 Å². The lowest BCUT2D eigenvalue weighted by molar-refractivity contribution is -0.161. The van der Waals surface area contributed by atoms with Crippen LogP contribution in [-0.2, 0) is 65.4 Å². The summed E-state index contributed by atoms with van der Waals surface area (Å²) in [5.74, 6) is -1.36. The number of hydrogen-bond donors (Lipinski definition) is 3. The van der Waals surface area contributed by atoms with Gasteiger partial charge in [0.2, 0.25) is 0 Å². The smallest absolute Gasteiger partial charge is 0.462 e. The number of aliphatic hydroxyl groups excluding tert-OH is 1. The van der Waals surface area contributed by atoms with Crippen molar-refractivity contribution in [2.75, 3.05) is 39.6 Å². The lowest BCUT2D eigenvalue weighted by Crippen LogP contribution is -2.30. The van der Waals surface area contributed by atoms with Crippen molar-refractivity contribution in [2.45, 2.75) is 528 Å². The van der Waals surface area contributed by atoms with Crippen molar-refractivity contribution in [3.63, 3.8) is 0 Å². The number of ether oxygens (including phenoxy) is 4. The Bertz CT molecular complexity index is 2120. The zero-order valence-corrected chi connectivity index (χ0v) is 75.6. The standard InChI is InChI=1S/C93H182O17P2/c1-6-10-13-16-19-22-25-28-31-34-37-40-43-45-48-51-54-57-60-66-71-76-90(95)103-82-88(109-92(97)78-73-68-62-59-56-53-50-47-44-41-38-35-32-29-26-23-20-17-14-11-7-2)84-107-111(99,100)105-80-87(94)81-106-112(101,102)108-85-89(83-104-91(96)77-72-67-64-63-65-70-75-86(5)9-4)110-93(98)79-74-69-61-58-55-52-49-46-42-39-36-33-30-27-24-21-18-15-12-8-3/h86-89,94H,6-85H2,1-5H3,(H,99,100)(H,101,102)/t86?,87-,88-,89-/m1/s1. The van der Waals surface area contributed by atoms with Crippen LogP contribution in [0.15, 0.2) is 0 Å². The number of hydrogen-bond acceptors (Lipinski definition) is 15. The summed E-state index contributed by atoms with van der Waals surface area (Å²) in [6.45, 7) is 7.36. The Morgan fingerprint density at radius 2 is 0.429 bits per heavy atom. The molecule has 0 radical (unpaired) electrons. The summed E-state index contributed by atoms with van der Waals surface area (Å²) in [4.78, 5) is 73.4. The number of phosphoric acid groups is 2. The Labute approximate surface area is 689 Å². The maximum Gasteiger partial charge on any atom is 0.472 e. The molecule has 0 heterocycles. The molecule has 3 N–H and O–H groups in total. The Balaban J connectivity index is 5.21. The Hall–Kier alpha value is -1.94. The van der Waals surface area contributed by atoms with E-state index in [9.17, 15) is 43.2 Å². The molecule has 0 aromatic heterocycles. The first-order valence-electron chi connectivity index (χ1n) is 48.2. The van der Waals surface area contributed by atoms with Crippen LogP contribution in [0.4, 0.5) is 0 Å². The van der Waals surface area contributed by atoms with Crippen molar-refractivity contribution in [2.24, 2.45) is 5.92 Å². The number of phosphoric ester groups is 2. The lowest BCUT2D eigenvalue weighted by Gasteiger charge is -2.21. The van der Waals surface area contributed by atoms with Crippen LogP contribution < -0.4 is 0 Å². The molecular weight excluding hydrogens is 1450 g/mol. The molecular formula is C93H182O17P2. The molecule has 0 fully saturated rings. The van der Waals surface area contributed by atoms with Crippen molar-refractivity contribution in [3.8, 4) is 0 Å². The lowest BCUT2D eigenvalue weighted by atomic mass is 10.00. The fourth-order valence-corrected chi connectivity index (χ4v) is 16.3. The first kappa shape index (κ1) is 110. The van der Waals surface area contributed by atoms with Crippen molar-refractivity contribution < 1.29 is 80.2 Å². The number of carbonyl (C=O) groups excluding carboxylic acids is 4. The van der Waals surface area contributed by atoms with Crippen LogP contribution >= 0.6 is 15.6 Å². The molecule has 17 nitrogen and oxygen atoms in total. The van der Waals surface area contributed by atoms with Gasteiger partial charge in [-0.1, -0.05) is 458 Å². The Kier molecular flexibility index (Phi) is 84.0. The highest BCUT2D eigenvalue weighted by Gasteiger charge is 2.31. The van der Waals surface area contributed by atoms with Crippen LogP contribution in [0.25, 0.3) is 0 Å². The summed E-state index contributed by atoms with van der Waals surface area (Å²) in [5, 5.41) is 10.7. The van der Waals surface area contributed by atoms with Gasteiger partial charge in [0.15, 0.2) is 12.2 Å². The molecule has 19 heteroatoms. The maximum atomic E-state index is 13.2. The second-order valence-corrected chi connectivity index (χ2v) is 36.6. The second kappa shape index (κ2) is 85.5. The predicted molar refractivity (Wildman–Crippen MR) is 465 cm³/mol. The molecule has 0 aliphatic rings. The van der Waals surface area contributed by atoms with E-state index in [0.717, 1.165) is 102 Å². The third kappa shape index (κ3) is 84.5. The Morgan fingerprint density at radius 3 is 0.634 bits per heavy atom. The molecule has 0 bridgehead atoms. The number of esters is 4. The van der Waals surface area contributed by atoms with Crippen LogP contribution in [0.5, 0.6) is 0 Å². The molecule has 0 saturated carbocycles. The fourth-order valence-electron chi connectivity index (χ4n) is 14.7. The highest BCUT2D eigenvalue weighted by Crippen LogP contribution is 2.45. The third-order valence-electron chi connectivity index (χ3n) is 22.4. The van der Waals surface area contributed by atoms with E-state index in [1.54, 1.807) is 0 Å². The average molecular weight is 1630 g/mol. The normalized spacial score (nSPS) is 13.9. The molecule has 666 valence electrons. The highest BCUT2D eigenvalue weighted by atomic mass is 31.2. The number of unbranched alkanes of at least 4 members (excludes halogenated alkanes) is 64. The summed E-state index contributed by atoms with van der Waals surface area (Å²) >= 11 is 0. The van der Waals surface area contributed by atoms with Gasteiger partial charge in [-0.2, -0.15) is 0 Å². The molecule has 0 aliphatic carbocycles. The zero-order valence-electron chi connectivity index (χ0n) is 73.8. The molecule has 0 aromatic rings. The second-order valence-electron chi connectivity index (χ2n) is 33.6. The van der Waals surface area contributed by atoms with Gasteiger partial charge < -0.3 is 33.8 Å². The highest BCUT2D eigenvalue weighted by molar-refractivity contribution is 7.47. The van der Waals surface area contributed by atoms with Gasteiger partial charge in [-0.05, 0) is 31.6 Å². The number of aliphatic hydroxyl groups is 1. The van der Waals surface area contributed by atoms with Gasteiger partial charge in [0.1, 0.15) is 19.3 Å². The molecule has 0 spiro atoms. The molecule has 6 atom stereocenters. The van der Waals surface area contributed by atoms with Gasteiger partial charge in [-0.25, -0.2) is 9.13 Å². The number of carbonyl (C=O) groups is 4. The maximum absolute atomic E-state index is 13.2. The quantitative estimate of drug-likeness (QED) is 0.0222. The third-order valence-corrected chi connectivity index (χ3v) is 24.3. The minimum Gasteiger partial charge on any atom is -0.462 e. The van der Waals surface area contributed by atoms with E-state index in [1.165, 1.54) is 327 Å². The summed E-state index contributed by atoms with van der Waals surface area (Å²) in [5.41, 5.74) is 0. The van der Waals surface area contributed by atoms with Crippen molar-refractivity contribution in [1.82, 2.24) is 0 Å². The van der Waals surface area contributed by atoms with E-state index in [4.69, 9.17) is 37.0 Å². The fraction of sp³-hybridized carbons (Fsp3) is 0.957. The first-order valence-corrected chi connectivity index (χ1v) is 51.2. The molecule has 0 aromatic carbocycles. The van der Waals surface area contributed by atoms with Crippen LogP contribution in [-0.4, -0.2) is 96.7 Å². The van der Waals surface area contributed by atoms with Crippen LogP contribution in [0.3, 0.4) is 0 Å². The van der Waals surface area contributed by atoms with Crippen molar-refractivity contribution in [3.05, 3.63) is 0 Å². The SMILES string of the molecule is CCCCCCCCCCCCCCCCCCCCCCCC(=O)OC[C@H](COP(=O)(O)OC[C@@H](O)COP(=O)(O)OC[C@@H](COC(=O)CCCCCCCCC(C)CC)OC(=O)CCCCCCCCCCCCCCCCCCCCCC)OC(=O)CCCCCCCCCCCCCCCCCCCCCCC. The molecule has 112 heavy (non-hydrogen) atoms. The van der Waals surface area contributed by atoms with E-state index < -0.39 is 97.5 Å². The van der Waals surface area contributed by atoms with Crippen molar-refractivity contribution >= 4 is 39.5 Å². The van der Waals surface area contributed by atoms with E-state index >= 15 is 0 Å². The summed E-state index contributed by atoms with van der Waals surface area (Å²) < 4.78 is 69.1. The minimum absolute atomic E-state index is 0.108. The van der Waals surface area contributed by atoms with Gasteiger partial charge in [0, 0.05) is 25.7 Å². The zero-order chi connectivity index (χ0) is 81.8. The summed E-state index contributed by atoms with van der Waals surface area (Å²) in [7, 11) is -9.94. The molecule has 0 amide bonds. The average Bonchev–Trinajstić information content (AvgIpc) is 0.918. The van der Waals surface area contributed by atoms with E-state index in [-0.39, 0.29) is 25.7 Å². The van der Waals surface area contributed by atoms with E-state index in [0.29, 0.717) is 25.7 Å². The summed E-state index contributed by atoms with van der Waals surface area (Å²) in [6, 6.07) is 0. The van der Waals surface area contributed by atoms with Gasteiger partial charge in [0.25, 0.3) is 0 Å². The minimum atomic E-state index is -4.97. The first-order chi connectivity index (χ1) is 54.6. The van der Waals surface area contributed by atoms with Crippen LogP contribution in [0.1, 0.15) is 510 Å². The van der Waals surface area contributed by atoms with Gasteiger partial charge >= 0.3 is 39.5 Å². The summed E-state index contributed by atoms with van der Waals surface area (Å²) in [6.07, 6.45) is 82.3. The molecule has 0 rings (SSSR count). The topological polar surface area (TPSA) is 237 Å². The predicted octanol–water partition coefficient (Wildman–Crippen LogP) is 29.1. The van der Waals surface area contributed by atoms with Gasteiger partial charge in [-0.3, -0.25) is 37.3 Å². The monoisotopic (exact) mass is 1630 g/mol. The number of rotatable bonds is 93. The Morgan fingerprint density at radius 1 is 0.250 bits per heavy atom. The molecule has 0 aliphatic heterocycles. The largest absolute Gasteiger partial charge is 0.472 e. The van der Waals surface area contributed by atoms with Crippen LogP contribution in [0.2, 0.25) is 0 Å². The van der Waals surface area contributed by atoms with E-state index in [2.05, 4.69) is 34.6 Å². The molecule has 3 unspecified atom stereocenters. The van der Waals surface area contributed by atoms with E-state index in [1.807, 2.05) is 0 Å². The van der Waals surface area contributed by atoms with Gasteiger partial charge in [-0.15, -0.1) is 0 Å². The molecule has 0 saturated heterocycles.